The van der Waals surface area contributed by atoms with Crippen LogP contribution in [0.15, 0.2) is 67.0 Å². The maximum Gasteiger partial charge on any atom is 0.274 e. The average molecular weight is 370 g/mol. The van der Waals surface area contributed by atoms with Gasteiger partial charge in [0.1, 0.15) is 11.4 Å². The number of rotatable bonds is 3. The Morgan fingerprint density at radius 1 is 1.00 bits per heavy atom. The standard InChI is InChI=1S/C21H18N6O/c28-21(19-12-22-17-8-4-5-9-18(17)23-19)26-11-10-16(13-26)27-14-20(24-25-27)15-6-2-1-3-7-15/h1-9,12,14,16H,10-11,13H2. The van der Waals surface area contributed by atoms with Crippen LogP contribution >= 0.6 is 0 Å². The summed E-state index contributed by atoms with van der Waals surface area (Å²) in [5.74, 6) is -0.0934. The first-order valence-electron chi connectivity index (χ1n) is 9.26. The molecule has 0 saturated carbocycles. The summed E-state index contributed by atoms with van der Waals surface area (Å²) in [5, 5.41) is 8.56. The van der Waals surface area contributed by atoms with E-state index in [2.05, 4.69) is 20.3 Å². The third kappa shape index (κ3) is 3.00. The molecule has 1 aliphatic rings. The molecule has 2 aromatic heterocycles. The minimum atomic E-state index is -0.0934. The number of aromatic nitrogens is 5. The molecule has 2 aromatic carbocycles. The van der Waals surface area contributed by atoms with Crippen molar-refractivity contribution in [3.05, 3.63) is 72.7 Å². The van der Waals surface area contributed by atoms with E-state index in [1.165, 1.54) is 0 Å². The average Bonchev–Trinajstić information content (AvgIpc) is 3.43. The molecule has 0 spiro atoms. The molecular formula is C21H18N6O. The van der Waals surface area contributed by atoms with Gasteiger partial charge in [-0.1, -0.05) is 47.7 Å². The van der Waals surface area contributed by atoms with Crippen molar-refractivity contribution in [3.8, 4) is 11.3 Å². The third-order valence-corrected chi connectivity index (χ3v) is 5.07. The highest BCUT2D eigenvalue weighted by molar-refractivity contribution is 5.94. The predicted molar refractivity (Wildman–Crippen MR) is 105 cm³/mol. The molecule has 1 atom stereocenters. The van der Waals surface area contributed by atoms with Crippen LogP contribution in [-0.4, -0.2) is 48.9 Å². The molecule has 1 aliphatic heterocycles. The molecule has 1 fully saturated rings. The minimum Gasteiger partial charge on any atom is -0.335 e. The summed E-state index contributed by atoms with van der Waals surface area (Å²) in [6.45, 7) is 1.25. The SMILES string of the molecule is O=C(c1cnc2ccccc2n1)N1CCC(n2cc(-c3ccccc3)nn2)C1. The van der Waals surface area contributed by atoms with Gasteiger partial charge in [-0.25, -0.2) is 9.67 Å². The summed E-state index contributed by atoms with van der Waals surface area (Å²) in [5.41, 5.74) is 3.77. The highest BCUT2D eigenvalue weighted by Gasteiger charge is 2.29. The molecule has 3 heterocycles. The van der Waals surface area contributed by atoms with Gasteiger partial charge < -0.3 is 4.90 Å². The molecule has 5 rings (SSSR count). The van der Waals surface area contributed by atoms with E-state index in [-0.39, 0.29) is 11.9 Å². The number of nitrogens with zero attached hydrogens (tertiary/aromatic N) is 6. The van der Waals surface area contributed by atoms with Gasteiger partial charge >= 0.3 is 0 Å². The molecule has 0 bridgehead atoms. The van der Waals surface area contributed by atoms with Crippen LogP contribution in [0.25, 0.3) is 22.3 Å². The van der Waals surface area contributed by atoms with Gasteiger partial charge in [0.05, 0.1) is 29.5 Å². The molecule has 1 unspecified atom stereocenters. The van der Waals surface area contributed by atoms with Crippen molar-refractivity contribution in [2.24, 2.45) is 0 Å². The van der Waals surface area contributed by atoms with Gasteiger partial charge in [0.25, 0.3) is 5.91 Å². The molecule has 1 amide bonds. The fourth-order valence-corrected chi connectivity index (χ4v) is 3.56. The first-order valence-corrected chi connectivity index (χ1v) is 9.26. The predicted octanol–water partition coefficient (Wildman–Crippen LogP) is 2.98. The molecule has 0 radical (unpaired) electrons. The van der Waals surface area contributed by atoms with Crippen molar-refractivity contribution < 1.29 is 4.79 Å². The van der Waals surface area contributed by atoms with Crippen LogP contribution in [0.1, 0.15) is 23.0 Å². The Labute approximate surface area is 161 Å². The van der Waals surface area contributed by atoms with E-state index in [1.54, 1.807) is 6.20 Å². The summed E-state index contributed by atoms with van der Waals surface area (Å²) in [7, 11) is 0. The van der Waals surface area contributed by atoms with Gasteiger partial charge in [-0.15, -0.1) is 5.10 Å². The van der Waals surface area contributed by atoms with E-state index in [9.17, 15) is 4.79 Å². The molecule has 0 N–H and O–H groups in total. The van der Waals surface area contributed by atoms with Crippen molar-refractivity contribution in [1.82, 2.24) is 29.9 Å². The zero-order valence-corrected chi connectivity index (χ0v) is 15.1. The number of hydrogen-bond acceptors (Lipinski definition) is 5. The lowest BCUT2D eigenvalue weighted by Crippen LogP contribution is -2.30. The molecule has 28 heavy (non-hydrogen) atoms. The lowest BCUT2D eigenvalue weighted by molar-refractivity contribution is 0.0781. The fourth-order valence-electron chi connectivity index (χ4n) is 3.56. The number of fused-ring (bicyclic) bond motifs is 1. The van der Waals surface area contributed by atoms with E-state index in [0.717, 1.165) is 28.7 Å². The lowest BCUT2D eigenvalue weighted by atomic mass is 10.2. The Morgan fingerprint density at radius 3 is 2.64 bits per heavy atom. The largest absolute Gasteiger partial charge is 0.335 e. The van der Waals surface area contributed by atoms with Crippen LogP contribution < -0.4 is 0 Å². The van der Waals surface area contributed by atoms with Gasteiger partial charge in [0.15, 0.2) is 0 Å². The Kier molecular flexibility index (Phi) is 4.05. The third-order valence-electron chi connectivity index (χ3n) is 5.07. The number of likely N-dealkylation sites (tertiary alicyclic amines) is 1. The van der Waals surface area contributed by atoms with Crippen LogP contribution in [0.2, 0.25) is 0 Å². The molecule has 1 saturated heterocycles. The van der Waals surface area contributed by atoms with Crippen LogP contribution in [0, 0.1) is 0 Å². The maximum absolute atomic E-state index is 12.9. The van der Waals surface area contributed by atoms with E-state index in [4.69, 9.17) is 0 Å². The molecule has 4 aromatic rings. The molecule has 7 heteroatoms. The second-order valence-corrected chi connectivity index (χ2v) is 6.89. The molecular weight excluding hydrogens is 352 g/mol. The smallest absolute Gasteiger partial charge is 0.274 e. The van der Waals surface area contributed by atoms with Gasteiger partial charge in [0, 0.05) is 18.7 Å². The fraction of sp³-hybridized carbons (Fsp3) is 0.190. The van der Waals surface area contributed by atoms with E-state index < -0.39 is 0 Å². The molecule has 138 valence electrons. The highest BCUT2D eigenvalue weighted by Crippen LogP contribution is 2.24. The van der Waals surface area contributed by atoms with E-state index in [1.807, 2.05) is 70.4 Å². The van der Waals surface area contributed by atoms with E-state index >= 15 is 0 Å². The van der Waals surface area contributed by atoms with Gasteiger partial charge in [0.2, 0.25) is 0 Å². The van der Waals surface area contributed by atoms with Crippen molar-refractivity contribution in [2.45, 2.75) is 12.5 Å². The number of benzene rings is 2. The molecule has 0 aliphatic carbocycles. The van der Waals surface area contributed by atoms with Crippen LogP contribution in [0.5, 0.6) is 0 Å². The highest BCUT2D eigenvalue weighted by atomic mass is 16.2. The number of para-hydroxylation sites is 2. The zero-order chi connectivity index (χ0) is 18.9. The van der Waals surface area contributed by atoms with Gasteiger partial charge in [-0.05, 0) is 18.6 Å². The summed E-state index contributed by atoms with van der Waals surface area (Å²) in [6.07, 6.45) is 4.34. The first kappa shape index (κ1) is 16.6. The van der Waals surface area contributed by atoms with Crippen molar-refractivity contribution >= 4 is 16.9 Å². The number of carbonyl (C=O) groups excluding carboxylic acids is 1. The summed E-state index contributed by atoms with van der Waals surface area (Å²) in [4.78, 5) is 23.5. The topological polar surface area (TPSA) is 76.8 Å². The van der Waals surface area contributed by atoms with Gasteiger partial charge in [-0.2, -0.15) is 0 Å². The molecule has 7 nitrogen and oxygen atoms in total. The Bertz CT molecular complexity index is 1140. The quantitative estimate of drug-likeness (QED) is 0.554. The number of hydrogen-bond donors (Lipinski definition) is 0. The van der Waals surface area contributed by atoms with Gasteiger partial charge in [-0.3, -0.25) is 9.78 Å². The Balaban J connectivity index is 1.32. The zero-order valence-electron chi connectivity index (χ0n) is 15.1. The van der Waals surface area contributed by atoms with Crippen molar-refractivity contribution in [3.63, 3.8) is 0 Å². The lowest BCUT2D eigenvalue weighted by Gasteiger charge is -2.16. The normalized spacial score (nSPS) is 16.6. The Hall–Kier alpha value is -3.61. The Morgan fingerprint density at radius 2 is 1.79 bits per heavy atom. The summed E-state index contributed by atoms with van der Waals surface area (Å²) < 4.78 is 1.86. The van der Waals surface area contributed by atoms with E-state index in [0.29, 0.717) is 18.8 Å². The van der Waals surface area contributed by atoms with Crippen LogP contribution in [-0.2, 0) is 0 Å². The summed E-state index contributed by atoms with van der Waals surface area (Å²) in [6, 6.07) is 17.6. The van der Waals surface area contributed by atoms with Crippen LogP contribution in [0.3, 0.4) is 0 Å². The summed E-state index contributed by atoms with van der Waals surface area (Å²) >= 11 is 0. The van der Waals surface area contributed by atoms with Crippen LogP contribution in [0.4, 0.5) is 0 Å². The second kappa shape index (κ2) is 6.84. The monoisotopic (exact) mass is 370 g/mol. The first-order chi connectivity index (χ1) is 13.8. The second-order valence-electron chi connectivity index (χ2n) is 6.89. The van der Waals surface area contributed by atoms with Crippen molar-refractivity contribution in [1.29, 1.82) is 0 Å². The number of carbonyl (C=O) groups is 1. The minimum absolute atomic E-state index is 0.0934. The maximum atomic E-state index is 12.9. The number of amides is 1. The van der Waals surface area contributed by atoms with Crippen molar-refractivity contribution in [2.75, 3.05) is 13.1 Å².